The monoisotopic (exact) mass is 539 g/mol. The Labute approximate surface area is 229 Å². The maximum Gasteiger partial charge on any atom is 0.266 e. The van der Waals surface area contributed by atoms with Crippen molar-refractivity contribution in [1.82, 2.24) is 14.5 Å². The molecule has 0 bridgehead atoms. The van der Waals surface area contributed by atoms with Crippen molar-refractivity contribution in [3.63, 3.8) is 0 Å². The largest absolute Gasteiger partial charge is 0.497 e. The van der Waals surface area contributed by atoms with Crippen LogP contribution in [-0.2, 0) is 12.3 Å². The summed E-state index contributed by atoms with van der Waals surface area (Å²) >= 11 is 1.25. The summed E-state index contributed by atoms with van der Waals surface area (Å²) in [4.78, 5) is 33.4. The molecule has 0 fully saturated rings. The lowest BCUT2D eigenvalue weighted by Gasteiger charge is -2.18. The summed E-state index contributed by atoms with van der Waals surface area (Å²) < 4.78 is 21.2. The smallest absolute Gasteiger partial charge is 0.266 e. The molecule has 0 unspecified atom stereocenters. The average Bonchev–Trinajstić information content (AvgIpc) is 2.96. The van der Waals surface area contributed by atoms with Gasteiger partial charge in [0, 0.05) is 31.0 Å². The van der Waals surface area contributed by atoms with Gasteiger partial charge in [-0.15, -0.1) is 0 Å². The molecule has 6 nitrogen and oxygen atoms in total. The summed E-state index contributed by atoms with van der Waals surface area (Å²) in [5, 5.41) is 0.751. The van der Waals surface area contributed by atoms with E-state index in [-0.39, 0.29) is 23.0 Å². The molecule has 0 atom stereocenters. The van der Waals surface area contributed by atoms with Crippen LogP contribution in [0.1, 0.15) is 21.5 Å². The lowest BCUT2D eigenvalue weighted by Crippen LogP contribution is -2.26. The van der Waals surface area contributed by atoms with Crippen LogP contribution in [0.3, 0.4) is 0 Å². The Morgan fingerprint density at radius 1 is 0.974 bits per heavy atom. The average molecular weight is 540 g/mol. The number of benzene rings is 4. The molecule has 1 heterocycles. The van der Waals surface area contributed by atoms with Gasteiger partial charge in [0.2, 0.25) is 0 Å². The van der Waals surface area contributed by atoms with Crippen molar-refractivity contribution in [3.05, 3.63) is 130 Å². The van der Waals surface area contributed by atoms with E-state index in [0.717, 1.165) is 5.56 Å². The number of hydrogen-bond donors (Lipinski definition) is 0. The molecule has 0 saturated heterocycles. The Morgan fingerprint density at radius 2 is 1.74 bits per heavy atom. The molecule has 5 aromatic rings. The fourth-order valence-corrected chi connectivity index (χ4v) is 5.28. The first-order valence-corrected chi connectivity index (χ1v) is 13.3. The van der Waals surface area contributed by atoms with E-state index in [2.05, 4.69) is 0 Å². The highest BCUT2D eigenvalue weighted by Crippen LogP contribution is 2.27. The van der Waals surface area contributed by atoms with Gasteiger partial charge in [0.1, 0.15) is 11.6 Å². The van der Waals surface area contributed by atoms with E-state index in [0.29, 0.717) is 45.2 Å². The van der Waals surface area contributed by atoms with Crippen LogP contribution in [0.15, 0.2) is 107 Å². The summed E-state index contributed by atoms with van der Waals surface area (Å²) in [6, 6.07) is 28.3. The highest BCUT2D eigenvalue weighted by molar-refractivity contribution is 7.98. The fraction of sp³-hybridized carbons (Fsp3) is 0.129. The standard InChI is InChI=1S/C31H26FN3O3S/c1-34(19-21-9-4-3-5-10-21)29(36)22-15-16-26-28(17-22)33-31(39-20-23-11-6-7-14-27(23)32)35(30(26)37)24-12-8-13-25(18-24)38-2/h3-18H,19-20H2,1-2H3. The number of carbonyl (C=O) groups excluding carboxylic acids is 1. The lowest BCUT2D eigenvalue weighted by molar-refractivity contribution is 0.0785. The SMILES string of the molecule is COc1cccc(-n2c(SCc3ccccc3F)nc3cc(C(=O)N(C)Cc4ccccc4)ccc3c2=O)c1. The Bertz CT molecular complexity index is 1710. The minimum atomic E-state index is -0.324. The van der Waals surface area contributed by atoms with Crippen molar-refractivity contribution in [2.24, 2.45) is 0 Å². The molecule has 4 aromatic carbocycles. The van der Waals surface area contributed by atoms with Gasteiger partial charge in [0.15, 0.2) is 5.16 Å². The molecule has 196 valence electrons. The van der Waals surface area contributed by atoms with E-state index >= 15 is 0 Å². The lowest BCUT2D eigenvalue weighted by atomic mass is 10.1. The molecule has 8 heteroatoms. The maximum absolute atomic E-state index is 14.4. The summed E-state index contributed by atoms with van der Waals surface area (Å²) in [7, 11) is 3.30. The maximum atomic E-state index is 14.4. The molecular weight excluding hydrogens is 513 g/mol. The quantitative estimate of drug-likeness (QED) is 0.176. The number of ether oxygens (including phenoxy) is 1. The van der Waals surface area contributed by atoms with E-state index in [9.17, 15) is 14.0 Å². The first-order chi connectivity index (χ1) is 18.9. The van der Waals surface area contributed by atoms with Crippen molar-refractivity contribution in [2.75, 3.05) is 14.2 Å². The second-order valence-electron chi connectivity index (χ2n) is 9.00. The molecule has 1 amide bonds. The number of thioether (sulfide) groups is 1. The number of amides is 1. The molecule has 0 aliphatic rings. The van der Waals surface area contributed by atoms with Gasteiger partial charge in [-0.05, 0) is 47.5 Å². The number of halogens is 1. The van der Waals surface area contributed by atoms with Crippen molar-refractivity contribution in [3.8, 4) is 11.4 Å². The van der Waals surface area contributed by atoms with Gasteiger partial charge in [0.05, 0.1) is 23.7 Å². The Morgan fingerprint density at radius 3 is 2.51 bits per heavy atom. The molecule has 0 aliphatic carbocycles. The van der Waals surface area contributed by atoms with Crippen molar-refractivity contribution >= 4 is 28.6 Å². The van der Waals surface area contributed by atoms with E-state index in [1.165, 1.54) is 22.4 Å². The normalized spacial score (nSPS) is 10.9. The Balaban J connectivity index is 1.56. The predicted octanol–water partition coefficient (Wildman–Crippen LogP) is 6.10. The van der Waals surface area contributed by atoms with Crippen LogP contribution in [0.25, 0.3) is 16.6 Å². The molecular formula is C31H26FN3O3S. The molecule has 0 spiro atoms. The van der Waals surface area contributed by atoms with Gasteiger partial charge in [-0.3, -0.25) is 14.2 Å². The first kappa shape index (κ1) is 26.2. The van der Waals surface area contributed by atoms with Crippen LogP contribution in [-0.4, -0.2) is 34.5 Å². The second kappa shape index (κ2) is 11.5. The fourth-order valence-electron chi connectivity index (χ4n) is 4.28. The van der Waals surface area contributed by atoms with Gasteiger partial charge in [-0.2, -0.15) is 0 Å². The highest BCUT2D eigenvalue weighted by Gasteiger charge is 2.18. The molecule has 1 aromatic heterocycles. The molecule has 0 radical (unpaired) electrons. The number of aromatic nitrogens is 2. The van der Waals surface area contributed by atoms with Crippen molar-refractivity contribution in [2.45, 2.75) is 17.5 Å². The molecule has 0 saturated carbocycles. The number of carbonyl (C=O) groups is 1. The Kier molecular flexibility index (Phi) is 7.74. The minimum absolute atomic E-state index is 0.180. The van der Waals surface area contributed by atoms with E-state index in [4.69, 9.17) is 9.72 Å². The number of fused-ring (bicyclic) bond motifs is 1. The Hall–Kier alpha value is -4.43. The van der Waals surface area contributed by atoms with Gasteiger partial charge in [-0.1, -0.05) is 66.4 Å². The van der Waals surface area contributed by atoms with Crippen LogP contribution in [0.4, 0.5) is 4.39 Å². The zero-order chi connectivity index (χ0) is 27.4. The third-order valence-electron chi connectivity index (χ3n) is 6.32. The van der Waals surface area contributed by atoms with Crippen LogP contribution < -0.4 is 10.3 Å². The van der Waals surface area contributed by atoms with E-state index in [1.54, 1.807) is 79.7 Å². The summed E-state index contributed by atoms with van der Waals surface area (Å²) in [6.07, 6.45) is 0. The van der Waals surface area contributed by atoms with Crippen LogP contribution >= 0.6 is 11.8 Å². The number of hydrogen-bond acceptors (Lipinski definition) is 5. The number of nitrogens with zero attached hydrogens (tertiary/aromatic N) is 3. The van der Waals surface area contributed by atoms with Crippen molar-refractivity contribution in [1.29, 1.82) is 0 Å². The topological polar surface area (TPSA) is 64.4 Å². The van der Waals surface area contributed by atoms with Gasteiger partial charge < -0.3 is 9.64 Å². The van der Waals surface area contributed by atoms with Crippen LogP contribution in [0.5, 0.6) is 5.75 Å². The van der Waals surface area contributed by atoms with E-state index in [1.807, 2.05) is 30.3 Å². The zero-order valence-corrected chi connectivity index (χ0v) is 22.3. The predicted molar refractivity (Wildman–Crippen MR) is 152 cm³/mol. The minimum Gasteiger partial charge on any atom is -0.497 e. The summed E-state index contributed by atoms with van der Waals surface area (Å²) in [6.45, 7) is 0.451. The van der Waals surface area contributed by atoms with Gasteiger partial charge in [-0.25, -0.2) is 9.37 Å². The summed E-state index contributed by atoms with van der Waals surface area (Å²) in [5.74, 6) is 0.356. The first-order valence-electron chi connectivity index (χ1n) is 12.3. The molecule has 0 N–H and O–H groups in total. The zero-order valence-electron chi connectivity index (χ0n) is 21.5. The third-order valence-corrected chi connectivity index (χ3v) is 7.31. The highest BCUT2D eigenvalue weighted by atomic mass is 32.2. The number of rotatable bonds is 8. The van der Waals surface area contributed by atoms with Gasteiger partial charge in [0.25, 0.3) is 11.5 Å². The van der Waals surface area contributed by atoms with Crippen molar-refractivity contribution < 1.29 is 13.9 Å². The van der Waals surface area contributed by atoms with E-state index < -0.39 is 0 Å². The molecule has 0 aliphatic heterocycles. The third kappa shape index (κ3) is 5.71. The molecule has 39 heavy (non-hydrogen) atoms. The van der Waals surface area contributed by atoms with Gasteiger partial charge >= 0.3 is 0 Å². The molecule has 5 rings (SSSR count). The number of methoxy groups -OCH3 is 1. The van der Waals surface area contributed by atoms with Crippen LogP contribution in [0.2, 0.25) is 0 Å². The summed E-state index contributed by atoms with van der Waals surface area (Å²) in [5.41, 5.74) is 2.63. The van der Waals surface area contributed by atoms with Crippen LogP contribution in [0, 0.1) is 5.82 Å². The second-order valence-corrected chi connectivity index (χ2v) is 9.94.